The number of aromatic amines is 1. The number of carbonyl (C=O) groups is 1. The van der Waals surface area contributed by atoms with Crippen LogP contribution in [0.25, 0.3) is 21.7 Å². The number of rotatable bonds is 4. The van der Waals surface area contributed by atoms with Gasteiger partial charge in [-0.15, -0.1) is 11.3 Å². The third kappa shape index (κ3) is 3.19. The molecule has 0 bridgehead atoms. The lowest BCUT2D eigenvalue weighted by Gasteiger charge is -2.06. The Morgan fingerprint density at radius 3 is 2.72 bits per heavy atom. The summed E-state index contributed by atoms with van der Waals surface area (Å²) >= 11 is 1.64. The van der Waals surface area contributed by atoms with Crippen molar-refractivity contribution in [3.05, 3.63) is 71.1 Å². The highest BCUT2D eigenvalue weighted by Crippen LogP contribution is 2.26. The Kier molecular flexibility index (Phi) is 4.07. The Morgan fingerprint density at radius 1 is 1.16 bits per heavy atom. The fraction of sp³-hybridized carbons (Fsp3) is 0.100. The van der Waals surface area contributed by atoms with Crippen molar-refractivity contribution >= 4 is 34.0 Å². The number of H-pyrrole nitrogens is 1. The minimum Gasteiger partial charge on any atom is -0.337 e. The molecule has 0 unspecified atom stereocenters. The van der Waals surface area contributed by atoms with Gasteiger partial charge in [-0.05, 0) is 53.8 Å². The van der Waals surface area contributed by atoms with Gasteiger partial charge in [-0.25, -0.2) is 4.98 Å². The average Bonchev–Trinajstić information content (AvgIpc) is 3.30. The number of amides is 1. The van der Waals surface area contributed by atoms with E-state index in [2.05, 4.69) is 22.2 Å². The van der Waals surface area contributed by atoms with Crippen LogP contribution < -0.4 is 5.32 Å². The fourth-order valence-corrected chi connectivity index (χ4v) is 3.38. The quantitative estimate of drug-likeness (QED) is 0.539. The van der Waals surface area contributed by atoms with Gasteiger partial charge in [-0.1, -0.05) is 25.1 Å². The van der Waals surface area contributed by atoms with Crippen LogP contribution >= 0.6 is 11.3 Å². The molecule has 0 atom stereocenters. The maximum absolute atomic E-state index is 12.4. The number of benzene rings is 2. The summed E-state index contributed by atoms with van der Waals surface area (Å²) in [6.45, 7) is 2.10. The number of nitrogens with zero attached hydrogens (tertiary/aromatic N) is 1. The Hall–Kier alpha value is -2.92. The first-order valence-electron chi connectivity index (χ1n) is 8.17. The molecule has 5 heteroatoms. The highest BCUT2D eigenvalue weighted by atomic mass is 32.1. The summed E-state index contributed by atoms with van der Waals surface area (Å²) in [6.07, 6.45) is 0.963. The second-order valence-electron chi connectivity index (χ2n) is 5.80. The first-order valence-corrected chi connectivity index (χ1v) is 9.05. The van der Waals surface area contributed by atoms with Gasteiger partial charge in [0.2, 0.25) is 0 Å². The van der Waals surface area contributed by atoms with E-state index >= 15 is 0 Å². The SMILES string of the molecule is CCc1ccc(C(=O)Nc2ccc3nc(-c4cccs4)[nH]c3c2)cc1. The molecule has 0 aliphatic heterocycles. The van der Waals surface area contributed by atoms with Crippen molar-refractivity contribution in [3.8, 4) is 10.7 Å². The maximum atomic E-state index is 12.4. The van der Waals surface area contributed by atoms with E-state index in [9.17, 15) is 4.79 Å². The molecular weight excluding hydrogens is 330 g/mol. The van der Waals surface area contributed by atoms with Crippen LogP contribution in [0.3, 0.4) is 0 Å². The van der Waals surface area contributed by atoms with E-state index in [4.69, 9.17) is 0 Å². The van der Waals surface area contributed by atoms with Gasteiger partial charge in [0.15, 0.2) is 0 Å². The van der Waals surface area contributed by atoms with Crippen molar-refractivity contribution in [2.45, 2.75) is 13.3 Å². The first kappa shape index (κ1) is 15.6. The Bertz CT molecular complexity index is 1020. The zero-order valence-corrected chi connectivity index (χ0v) is 14.6. The third-order valence-electron chi connectivity index (χ3n) is 4.12. The molecule has 0 saturated heterocycles. The zero-order valence-electron chi connectivity index (χ0n) is 13.7. The normalized spacial score (nSPS) is 10.9. The molecule has 4 nitrogen and oxygen atoms in total. The summed E-state index contributed by atoms with van der Waals surface area (Å²) in [5, 5.41) is 4.97. The molecule has 0 fully saturated rings. The van der Waals surface area contributed by atoms with Gasteiger partial charge in [0.05, 0.1) is 15.9 Å². The average molecular weight is 347 g/mol. The lowest BCUT2D eigenvalue weighted by Crippen LogP contribution is -2.11. The van der Waals surface area contributed by atoms with Crippen LogP contribution in [0.4, 0.5) is 5.69 Å². The molecule has 2 heterocycles. The van der Waals surface area contributed by atoms with Crippen molar-refractivity contribution in [1.82, 2.24) is 9.97 Å². The smallest absolute Gasteiger partial charge is 0.255 e. The number of hydrogen-bond acceptors (Lipinski definition) is 3. The number of thiophene rings is 1. The van der Waals surface area contributed by atoms with Crippen molar-refractivity contribution in [2.75, 3.05) is 5.32 Å². The lowest BCUT2D eigenvalue weighted by molar-refractivity contribution is 0.102. The molecule has 0 saturated carbocycles. The first-order chi connectivity index (χ1) is 12.2. The molecule has 2 N–H and O–H groups in total. The van der Waals surface area contributed by atoms with Crippen LogP contribution in [0.15, 0.2) is 60.0 Å². The number of aromatic nitrogens is 2. The molecule has 124 valence electrons. The number of imidazole rings is 1. The Labute approximate surface area is 149 Å². The Morgan fingerprint density at radius 2 is 2.00 bits per heavy atom. The minimum atomic E-state index is -0.111. The summed E-state index contributed by atoms with van der Waals surface area (Å²) in [4.78, 5) is 21.4. The van der Waals surface area contributed by atoms with E-state index in [0.717, 1.165) is 33.8 Å². The van der Waals surface area contributed by atoms with Crippen molar-refractivity contribution in [2.24, 2.45) is 0 Å². The zero-order chi connectivity index (χ0) is 17.2. The van der Waals surface area contributed by atoms with Crippen LogP contribution in [0.5, 0.6) is 0 Å². The second kappa shape index (κ2) is 6.53. The largest absolute Gasteiger partial charge is 0.337 e. The number of nitrogens with one attached hydrogen (secondary N) is 2. The van der Waals surface area contributed by atoms with Crippen LogP contribution in [-0.4, -0.2) is 15.9 Å². The van der Waals surface area contributed by atoms with Gasteiger partial charge in [-0.3, -0.25) is 4.79 Å². The second-order valence-corrected chi connectivity index (χ2v) is 6.75. The predicted molar refractivity (Wildman–Crippen MR) is 103 cm³/mol. The molecule has 2 aromatic heterocycles. The highest BCUT2D eigenvalue weighted by molar-refractivity contribution is 7.13. The molecule has 4 aromatic rings. The predicted octanol–water partition coefficient (Wildman–Crippen LogP) is 5.11. The van der Waals surface area contributed by atoms with E-state index in [0.29, 0.717) is 5.56 Å². The Balaban J connectivity index is 1.57. The molecule has 4 rings (SSSR count). The lowest BCUT2D eigenvalue weighted by atomic mass is 10.1. The van der Waals surface area contributed by atoms with E-state index in [1.165, 1.54) is 5.56 Å². The molecule has 25 heavy (non-hydrogen) atoms. The van der Waals surface area contributed by atoms with Crippen LogP contribution in [-0.2, 0) is 6.42 Å². The molecule has 2 aromatic carbocycles. The van der Waals surface area contributed by atoms with E-state index in [1.54, 1.807) is 11.3 Å². The van der Waals surface area contributed by atoms with Gasteiger partial charge in [0.25, 0.3) is 5.91 Å². The number of fused-ring (bicyclic) bond motifs is 1. The standard InChI is InChI=1S/C20H17N3OS/c1-2-13-5-7-14(8-6-13)20(24)21-15-9-10-16-17(12-15)23-19(22-16)18-4-3-11-25-18/h3-12H,2H2,1H3,(H,21,24)(H,22,23). The van der Waals surface area contributed by atoms with Crippen molar-refractivity contribution in [3.63, 3.8) is 0 Å². The molecule has 0 aliphatic rings. The van der Waals surface area contributed by atoms with Crippen LogP contribution in [0, 0.1) is 0 Å². The number of anilines is 1. The third-order valence-corrected chi connectivity index (χ3v) is 5.00. The minimum absolute atomic E-state index is 0.111. The summed E-state index contributed by atoms with van der Waals surface area (Å²) in [5.74, 6) is 0.739. The maximum Gasteiger partial charge on any atom is 0.255 e. The number of carbonyl (C=O) groups excluding carboxylic acids is 1. The molecule has 0 spiro atoms. The van der Waals surface area contributed by atoms with Gasteiger partial charge < -0.3 is 10.3 Å². The molecule has 0 aliphatic carbocycles. The van der Waals surface area contributed by atoms with E-state index < -0.39 is 0 Å². The number of hydrogen-bond donors (Lipinski definition) is 2. The van der Waals surface area contributed by atoms with E-state index in [1.807, 2.05) is 60.0 Å². The summed E-state index contributed by atoms with van der Waals surface area (Å²) in [5.41, 5.74) is 4.41. The molecule has 0 radical (unpaired) electrons. The highest BCUT2D eigenvalue weighted by Gasteiger charge is 2.09. The van der Waals surface area contributed by atoms with Crippen LogP contribution in [0.2, 0.25) is 0 Å². The summed E-state index contributed by atoms with van der Waals surface area (Å²) in [7, 11) is 0. The topological polar surface area (TPSA) is 57.8 Å². The van der Waals surface area contributed by atoms with Gasteiger partial charge >= 0.3 is 0 Å². The molecular formula is C20H17N3OS. The van der Waals surface area contributed by atoms with Crippen molar-refractivity contribution in [1.29, 1.82) is 0 Å². The summed E-state index contributed by atoms with van der Waals surface area (Å²) < 4.78 is 0. The van der Waals surface area contributed by atoms with Crippen LogP contribution in [0.1, 0.15) is 22.8 Å². The van der Waals surface area contributed by atoms with E-state index in [-0.39, 0.29) is 5.91 Å². The van der Waals surface area contributed by atoms with Crippen molar-refractivity contribution < 1.29 is 4.79 Å². The monoisotopic (exact) mass is 347 g/mol. The molecule has 1 amide bonds. The van der Waals surface area contributed by atoms with Gasteiger partial charge in [0, 0.05) is 11.3 Å². The fourth-order valence-electron chi connectivity index (χ4n) is 2.71. The van der Waals surface area contributed by atoms with Gasteiger partial charge in [-0.2, -0.15) is 0 Å². The number of aryl methyl sites for hydroxylation is 1. The summed E-state index contributed by atoms with van der Waals surface area (Å²) in [6, 6.07) is 17.4. The van der Waals surface area contributed by atoms with Gasteiger partial charge in [0.1, 0.15) is 5.82 Å².